The molecule has 0 radical (unpaired) electrons. The van der Waals surface area contributed by atoms with Gasteiger partial charge in [-0.15, -0.1) is 11.8 Å². The molecule has 3 nitrogen and oxygen atoms in total. The standard InChI is InChI=1S/C9H17NO2S/c1-9(2,3)12-8(11)7-6-10-4-5-13-7/h7,10H,4-6H2,1-3H3/t7-/m1/s1. The Hall–Kier alpha value is -0.220. The zero-order valence-electron chi connectivity index (χ0n) is 8.42. The van der Waals surface area contributed by atoms with Crippen LogP contribution in [0, 0.1) is 0 Å². The van der Waals surface area contributed by atoms with Gasteiger partial charge >= 0.3 is 5.97 Å². The summed E-state index contributed by atoms with van der Waals surface area (Å²) in [6, 6.07) is 0. The highest BCUT2D eigenvalue weighted by atomic mass is 32.2. The van der Waals surface area contributed by atoms with Gasteiger partial charge in [0.05, 0.1) is 0 Å². The molecule has 0 aromatic heterocycles. The van der Waals surface area contributed by atoms with E-state index in [0.717, 1.165) is 18.8 Å². The first-order chi connectivity index (χ1) is 5.99. The summed E-state index contributed by atoms with van der Waals surface area (Å²) >= 11 is 1.67. The third kappa shape index (κ3) is 4.00. The minimum Gasteiger partial charge on any atom is -0.459 e. The second kappa shape index (κ2) is 4.33. The zero-order valence-corrected chi connectivity index (χ0v) is 9.24. The number of hydrogen-bond donors (Lipinski definition) is 1. The summed E-state index contributed by atoms with van der Waals surface area (Å²) in [7, 11) is 0. The van der Waals surface area contributed by atoms with Crippen LogP contribution in [0.3, 0.4) is 0 Å². The van der Waals surface area contributed by atoms with Gasteiger partial charge in [0, 0.05) is 18.8 Å². The monoisotopic (exact) mass is 203 g/mol. The van der Waals surface area contributed by atoms with E-state index in [1.807, 2.05) is 20.8 Å². The molecule has 0 amide bonds. The van der Waals surface area contributed by atoms with Gasteiger partial charge in [-0.25, -0.2) is 0 Å². The van der Waals surface area contributed by atoms with E-state index in [9.17, 15) is 4.79 Å². The molecule has 0 saturated carbocycles. The van der Waals surface area contributed by atoms with Gasteiger partial charge in [0.2, 0.25) is 0 Å². The lowest BCUT2D eigenvalue weighted by atomic mass is 10.2. The van der Waals surface area contributed by atoms with Crippen molar-refractivity contribution >= 4 is 17.7 Å². The fourth-order valence-electron chi connectivity index (χ4n) is 1.08. The highest BCUT2D eigenvalue weighted by Gasteiger charge is 2.26. The van der Waals surface area contributed by atoms with Crippen molar-refractivity contribution in [1.29, 1.82) is 0 Å². The lowest BCUT2D eigenvalue weighted by molar-refractivity contribution is -0.154. The van der Waals surface area contributed by atoms with Crippen molar-refractivity contribution in [2.75, 3.05) is 18.8 Å². The number of ether oxygens (including phenoxy) is 1. The van der Waals surface area contributed by atoms with Crippen molar-refractivity contribution in [1.82, 2.24) is 5.32 Å². The number of rotatable bonds is 1. The van der Waals surface area contributed by atoms with Crippen molar-refractivity contribution in [3.05, 3.63) is 0 Å². The molecule has 1 aliphatic rings. The van der Waals surface area contributed by atoms with E-state index in [4.69, 9.17) is 4.74 Å². The molecule has 0 bridgehead atoms. The smallest absolute Gasteiger partial charge is 0.320 e. The Bertz CT molecular complexity index is 183. The molecule has 0 unspecified atom stereocenters. The summed E-state index contributed by atoms with van der Waals surface area (Å²) in [6.45, 7) is 7.41. The third-order valence-electron chi connectivity index (χ3n) is 1.60. The van der Waals surface area contributed by atoms with E-state index in [1.54, 1.807) is 11.8 Å². The predicted octanol–water partition coefficient (Wildman–Crippen LogP) is 1.03. The van der Waals surface area contributed by atoms with Crippen molar-refractivity contribution in [2.24, 2.45) is 0 Å². The fourth-order valence-corrected chi connectivity index (χ4v) is 2.05. The number of carbonyl (C=O) groups is 1. The summed E-state index contributed by atoms with van der Waals surface area (Å²) in [5, 5.41) is 3.16. The van der Waals surface area contributed by atoms with Crippen LogP contribution in [-0.2, 0) is 9.53 Å². The van der Waals surface area contributed by atoms with Gasteiger partial charge in [-0.05, 0) is 20.8 Å². The van der Waals surface area contributed by atoms with E-state index in [1.165, 1.54) is 0 Å². The maximum absolute atomic E-state index is 11.5. The Balaban J connectivity index is 2.38. The van der Waals surface area contributed by atoms with Gasteiger partial charge in [0.25, 0.3) is 0 Å². The molecule has 0 spiro atoms. The quantitative estimate of drug-likeness (QED) is 0.646. The average molecular weight is 203 g/mol. The minimum atomic E-state index is -0.366. The van der Waals surface area contributed by atoms with Crippen LogP contribution in [0.4, 0.5) is 0 Å². The Kier molecular flexibility index (Phi) is 3.62. The SMILES string of the molecule is CC(C)(C)OC(=O)[C@H]1CNCCS1. The number of hydrogen-bond acceptors (Lipinski definition) is 4. The first-order valence-corrected chi connectivity index (χ1v) is 5.59. The highest BCUT2D eigenvalue weighted by Crippen LogP contribution is 2.18. The second-order valence-corrected chi connectivity index (χ2v) is 5.41. The van der Waals surface area contributed by atoms with Crippen LogP contribution in [-0.4, -0.2) is 35.7 Å². The van der Waals surface area contributed by atoms with Crippen LogP contribution >= 0.6 is 11.8 Å². The van der Waals surface area contributed by atoms with Gasteiger partial charge in [0.1, 0.15) is 10.9 Å². The normalized spacial score (nSPS) is 24.1. The Morgan fingerprint density at radius 1 is 1.54 bits per heavy atom. The number of thioether (sulfide) groups is 1. The summed E-state index contributed by atoms with van der Waals surface area (Å²) in [6.07, 6.45) is 0. The molecular formula is C9H17NO2S. The van der Waals surface area contributed by atoms with Gasteiger partial charge in [0.15, 0.2) is 0 Å². The number of nitrogens with one attached hydrogen (secondary N) is 1. The van der Waals surface area contributed by atoms with Crippen molar-refractivity contribution in [2.45, 2.75) is 31.6 Å². The van der Waals surface area contributed by atoms with Crippen LogP contribution in [0.25, 0.3) is 0 Å². The number of esters is 1. The molecule has 76 valence electrons. The molecule has 1 heterocycles. The Morgan fingerprint density at radius 2 is 2.23 bits per heavy atom. The Morgan fingerprint density at radius 3 is 2.69 bits per heavy atom. The molecule has 0 aromatic rings. The van der Waals surface area contributed by atoms with Crippen LogP contribution in [0.5, 0.6) is 0 Å². The molecule has 1 atom stereocenters. The van der Waals surface area contributed by atoms with Crippen molar-refractivity contribution < 1.29 is 9.53 Å². The van der Waals surface area contributed by atoms with E-state index in [2.05, 4.69) is 5.32 Å². The summed E-state index contributed by atoms with van der Waals surface area (Å²) < 4.78 is 5.28. The maximum Gasteiger partial charge on any atom is 0.320 e. The number of carbonyl (C=O) groups excluding carboxylic acids is 1. The zero-order chi connectivity index (χ0) is 9.90. The van der Waals surface area contributed by atoms with E-state index in [-0.39, 0.29) is 16.8 Å². The third-order valence-corrected chi connectivity index (χ3v) is 2.80. The molecule has 1 aliphatic heterocycles. The van der Waals surface area contributed by atoms with Gasteiger partial charge in [-0.2, -0.15) is 0 Å². The summed E-state index contributed by atoms with van der Waals surface area (Å²) in [5.74, 6) is 0.897. The molecule has 1 rings (SSSR count). The largest absolute Gasteiger partial charge is 0.459 e. The maximum atomic E-state index is 11.5. The Labute approximate surface area is 83.6 Å². The summed E-state index contributed by atoms with van der Waals surface area (Å²) in [5.41, 5.74) is -0.366. The molecule has 0 aromatic carbocycles. The van der Waals surface area contributed by atoms with E-state index in [0.29, 0.717) is 0 Å². The molecule has 1 N–H and O–H groups in total. The lowest BCUT2D eigenvalue weighted by Gasteiger charge is -2.26. The second-order valence-electron chi connectivity index (χ2n) is 4.10. The molecule has 1 saturated heterocycles. The van der Waals surface area contributed by atoms with Gasteiger partial charge in [-0.1, -0.05) is 0 Å². The molecule has 13 heavy (non-hydrogen) atoms. The van der Waals surface area contributed by atoms with Crippen LogP contribution in [0.15, 0.2) is 0 Å². The van der Waals surface area contributed by atoms with Gasteiger partial charge < -0.3 is 10.1 Å². The average Bonchev–Trinajstić information content (AvgIpc) is 2.03. The van der Waals surface area contributed by atoms with Gasteiger partial charge in [-0.3, -0.25) is 4.79 Å². The van der Waals surface area contributed by atoms with Crippen LogP contribution in [0.1, 0.15) is 20.8 Å². The fraction of sp³-hybridized carbons (Fsp3) is 0.889. The summed E-state index contributed by atoms with van der Waals surface area (Å²) in [4.78, 5) is 11.5. The molecule has 1 fully saturated rings. The van der Waals surface area contributed by atoms with E-state index >= 15 is 0 Å². The van der Waals surface area contributed by atoms with Crippen molar-refractivity contribution in [3.63, 3.8) is 0 Å². The highest BCUT2D eigenvalue weighted by molar-refractivity contribution is 8.00. The lowest BCUT2D eigenvalue weighted by Crippen LogP contribution is -2.40. The van der Waals surface area contributed by atoms with Crippen LogP contribution in [0.2, 0.25) is 0 Å². The van der Waals surface area contributed by atoms with Crippen molar-refractivity contribution in [3.8, 4) is 0 Å². The molecule has 4 heteroatoms. The van der Waals surface area contributed by atoms with Crippen LogP contribution < -0.4 is 5.32 Å². The predicted molar refractivity (Wildman–Crippen MR) is 55.0 cm³/mol. The first-order valence-electron chi connectivity index (χ1n) is 4.54. The minimum absolute atomic E-state index is 0.0204. The molecule has 0 aliphatic carbocycles. The van der Waals surface area contributed by atoms with E-state index < -0.39 is 0 Å². The first kappa shape index (κ1) is 10.9. The molecular weight excluding hydrogens is 186 g/mol. The topological polar surface area (TPSA) is 38.3 Å².